The third-order valence-electron chi connectivity index (χ3n) is 4.69. The van der Waals surface area contributed by atoms with Crippen LogP contribution in [0.5, 0.6) is 0 Å². The summed E-state index contributed by atoms with van der Waals surface area (Å²) in [7, 11) is 0.0191. The highest BCUT2D eigenvalue weighted by Gasteiger charge is 2.29. The summed E-state index contributed by atoms with van der Waals surface area (Å²) in [6.07, 6.45) is 6.45. The second-order valence-corrected chi connectivity index (χ2v) is 9.03. The van der Waals surface area contributed by atoms with Gasteiger partial charge in [-0.05, 0) is 24.5 Å². The lowest BCUT2D eigenvalue weighted by Crippen LogP contribution is -2.44. The molecule has 1 aliphatic heterocycles. The maximum absolute atomic E-state index is 12.9. The van der Waals surface area contributed by atoms with Gasteiger partial charge in [-0.25, -0.2) is 13.1 Å². The highest BCUT2D eigenvalue weighted by Crippen LogP contribution is 2.21. The Hall–Kier alpha value is -2.00. The van der Waals surface area contributed by atoms with Crippen LogP contribution in [0.25, 0.3) is 0 Å². The fourth-order valence-electron chi connectivity index (χ4n) is 3.37. The van der Waals surface area contributed by atoms with Gasteiger partial charge in [-0.1, -0.05) is 12.5 Å². The molecule has 1 N–H and O–H groups in total. The molecule has 1 aliphatic rings. The van der Waals surface area contributed by atoms with Crippen LogP contribution in [-0.4, -0.2) is 68.0 Å². The average molecular weight is 397 g/mol. The van der Waals surface area contributed by atoms with E-state index >= 15 is 0 Å². The normalized spacial score (nSPS) is 21.9. The lowest BCUT2D eigenvalue weighted by atomic mass is 9.96. The van der Waals surface area contributed by atoms with Crippen molar-refractivity contribution in [2.45, 2.75) is 38.3 Å². The molecule has 27 heavy (non-hydrogen) atoms. The molecular weight excluding hydrogens is 368 g/mol. The predicted octanol–water partition coefficient (Wildman–Crippen LogP) is 0.606. The molecule has 1 fully saturated rings. The molecule has 0 aliphatic carbocycles. The zero-order valence-corrected chi connectivity index (χ0v) is 16.9. The van der Waals surface area contributed by atoms with E-state index < -0.39 is 15.9 Å². The molecule has 2 amide bonds. The Morgan fingerprint density at radius 3 is 2.78 bits per heavy atom. The number of nitrogens with zero attached hydrogens (tertiary/aromatic N) is 3. The van der Waals surface area contributed by atoms with Crippen molar-refractivity contribution in [2.24, 2.45) is 5.92 Å². The van der Waals surface area contributed by atoms with Gasteiger partial charge in [-0.2, -0.15) is 0 Å². The zero-order chi connectivity index (χ0) is 20.0. The smallest absolute Gasteiger partial charge is 0.226 e. The van der Waals surface area contributed by atoms with Crippen LogP contribution in [0, 0.1) is 5.92 Å². The van der Waals surface area contributed by atoms with Crippen molar-refractivity contribution in [3.05, 3.63) is 30.1 Å². The van der Waals surface area contributed by atoms with Gasteiger partial charge in [0, 0.05) is 58.0 Å². The van der Waals surface area contributed by atoms with Crippen molar-refractivity contribution in [3.63, 3.8) is 0 Å². The molecule has 0 bridgehead atoms. The Morgan fingerprint density at radius 1 is 1.41 bits per heavy atom. The van der Waals surface area contributed by atoms with Gasteiger partial charge in [0.15, 0.2) is 0 Å². The van der Waals surface area contributed by atoms with E-state index in [4.69, 9.17) is 0 Å². The first-order chi connectivity index (χ1) is 12.7. The van der Waals surface area contributed by atoms with E-state index in [2.05, 4.69) is 9.71 Å². The van der Waals surface area contributed by atoms with E-state index in [-0.39, 0.29) is 24.3 Å². The summed E-state index contributed by atoms with van der Waals surface area (Å²) < 4.78 is 25.6. The Kier molecular flexibility index (Phi) is 7.32. The van der Waals surface area contributed by atoms with Crippen LogP contribution in [0.2, 0.25) is 0 Å². The standard InChI is InChI=1S/C18H28N4O4S/c1-21-13-16(20-27(3,25)26)8-4-7-15(10-17(21)23)18(24)22(2)12-14-6-5-9-19-11-14/h5-6,9,11,15-16,20H,4,7-8,10,12-13H2,1-3H3/t15-,16-/m1/s1. The van der Waals surface area contributed by atoms with Crippen LogP contribution in [-0.2, 0) is 26.2 Å². The van der Waals surface area contributed by atoms with Crippen LogP contribution in [0.1, 0.15) is 31.2 Å². The maximum atomic E-state index is 12.9. The highest BCUT2D eigenvalue weighted by molar-refractivity contribution is 7.88. The van der Waals surface area contributed by atoms with Gasteiger partial charge in [-0.15, -0.1) is 0 Å². The fourth-order valence-corrected chi connectivity index (χ4v) is 4.17. The fraction of sp³-hybridized carbons (Fsp3) is 0.611. The highest BCUT2D eigenvalue weighted by atomic mass is 32.2. The number of likely N-dealkylation sites (N-methyl/N-ethyl adjacent to an activating group) is 1. The van der Waals surface area contributed by atoms with Crippen molar-refractivity contribution < 1.29 is 18.0 Å². The summed E-state index contributed by atoms with van der Waals surface area (Å²) in [6.45, 7) is 0.740. The van der Waals surface area contributed by atoms with Gasteiger partial charge in [0.2, 0.25) is 21.8 Å². The molecule has 0 radical (unpaired) electrons. The Bertz CT molecular complexity index is 754. The number of carbonyl (C=O) groups is 2. The van der Waals surface area contributed by atoms with Crippen LogP contribution < -0.4 is 4.72 Å². The zero-order valence-electron chi connectivity index (χ0n) is 16.1. The molecule has 0 saturated carbocycles. The van der Waals surface area contributed by atoms with Crippen molar-refractivity contribution in [3.8, 4) is 0 Å². The minimum atomic E-state index is -3.35. The second kappa shape index (κ2) is 9.27. The number of hydrogen-bond donors (Lipinski definition) is 1. The molecular formula is C18H28N4O4S. The molecule has 0 aromatic carbocycles. The van der Waals surface area contributed by atoms with Crippen molar-refractivity contribution in [2.75, 3.05) is 26.9 Å². The van der Waals surface area contributed by atoms with Gasteiger partial charge in [0.05, 0.1) is 6.26 Å². The minimum Gasteiger partial charge on any atom is -0.344 e. The number of aromatic nitrogens is 1. The summed E-state index contributed by atoms with van der Waals surface area (Å²) >= 11 is 0. The minimum absolute atomic E-state index is 0.0740. The van der Waals surface area contributed by atoms with Crippen molar-refractivity contribution in [1.82, 2.24) is 19.5 Å². The van der Waals surface area contributed by atoms with Gasteiger partial charge in [0.1, 0.15) is 0 Å². The van der Waals surface area contributed by atoms with E-state index in [1.807, 2.05) is 12.1 Å². The van der Waals surface area contributed by atoms with Gasteiger partial charge < -0.3 is 9.80 Å². The summed E-state index contributed by atoms with van der Waals surface area (Å²) in [5.41, 5.74) is 0.928. The number of hydrogen-bond acceptors (Lipinski definition) is 5. The van der Waals surface area contributed by atoms with E-state index in [9.17, 15) is 18.0 Å². The van der Waals surface area contributed by atoms with Crippen molar-refractivity contribution in [1.29, 1.82) is 0 Å². The topological polar surface area (TPSA) is 99.7 Å². The lowest BCUT2D eigenvalue weighted by Gasteiger charge is -2.25. The predicted molar refractivity (Wildman–Crippen MR) is 102 cm³/mol. The first-order valence-electron chi connectivity index (χ1n) is 9.01. The first-order valence-corrected chi connectivity index (χ1v) is 10.9. The number of nitrogens with one attached hydrogen (secondary N) is 1. The molecule has 1 aromatic rings. The summed E-state index contributed by atoms with van der Waals surface area (Å²) in [5.74, 6) is -0.626. The molecule has 9 heteroatoms. The molecule has 2 heterocycles. The Morgan fingerprint density at radius 2 is 2.15 bits per heavy atom. The molecule has 1 saturated heterocycles. The Balaban J connectivity index is 2.04. The number of amides is 2. The van der Waals surface area contributed by atoms with E-state index in [1.54, 1.807) is 31.4 Å². The SMILES string of the molecule is CN1C[C@H](NS(C)(=O)=O)CCC[C@@H](C(=O)N(C)Cc2cccnc2)CC1=O. The largest absolute Gasteiger partial charge is 0.344 e. The van der Waals surface area contributed by atoms with Crippen LogP contribution in [0.3, 0.4) is 0 Å². The number of carbonyl (C=O) groups excluding carboxylic acids is 2. The summed E-state index contributed by atoms with van der Waals surface area (Å²) in [4.78, 5) is 32.5. The van der Waals surface area contributed by atoms with Gasteiger partial charge in [-0.3, -0.25) is 14.6 Å². The molecule has 2 rings (SSSR count). The molecule has 2 atom stereocenters. The van der Waals surface area contributed by atoms with Gasteiger partial charge >= 0.3 is 0 Å². The molecule has 1 aromatic heterocycles. The van der Waals surface area contributed by atoms with Crippen LogP contribution in [0.15, 0.2) is 24.5 Å². The maximum Gasteiger partial charge on any atom is 0.226 e. The van der Waals surface area contributed by atoms with E-state index in [1.165, 1.54) is 4.90 Å². The first kappa shape index (κ1) is 21.3. The van der Waals surface area contributed by atoms with Crippen LogP contribution in [0.4, 0.5) is 0 Å². The summed E-state index contributed by atoms with van der Waals surface area (Å²) in [6, 6.07) is 3.39. The van der Waals surface area contributed by atoms with Crippen molar-refractivity contribution >= 4 is 21.8 Å². The number of rotatable bonds is 5. The second-order valence-electron chi connectivity index (χ2n) is 7.25. The molecule has 150 valence electrons. The summed E-state index contributed by atoms with van der Waals surface area (Å²) in [5, 5.41) is 0. The lowest BCUT2D eigenvalue weighted by molar-refractivity contribution is -0.140. The number of sulfonamides is 1. The third-order valence-corrected chi connectivity index (χ3v) is 5.46. The number of pyridine rings is 1. The molecule has 0 spiro atoms. The average Bonchev–Trinajstić information content (AvgIpc) is 2.64. The monoisotopic (exact) mass is 396 g/mol. The quantitative estimate of drug-likeness (QED) is 0.786. The third kappa shape index (κ3) is 6.91. The van der Waals surface area contributed by atoms with E-state index in [0.717, 1.165) is 11.8 Å². The Labute approximate surface area is 161 Å². The van der Waals surface area contributed by atoms with Gasteiger partial charge in [0.25, 0.3) is 0 Å². The van der Waals surface area contributed by atoms with E-state index in [0.29, 0.717) is 32.4 Å². The molecule has 0 unspecified atom stereocenters. The molecule has 8 nitrogen and oxygen atoms in total. The van der Waals surface area contributed by atoms with Crippen LogP contribution >= 0.6 is 0 Å².